The Morgan fingerprint density at radius 1 is 1.04 bits per heavy atom. The van der Waals surface area contributed by atoms with Gasteiger partial charge in [0, 0.05) is 6.04 Å². The van der Waals surface area contributed by atoms with Gasteiger partial charge in [0.1, 0.15) is 5.57 Å². The quantitative estimate of drug-likeness (QED) is 0.671. The summed E-state index contributed by atoms with van der Waals surface area (Å²) in [5.74, 6) is -1.09. The average molecular weight is 326 g/mol. The lowest BCUT2D eigenvalue weighted by Gasteiger charge is -2.31. The molecule has 1 aliphatic heterocycles. The second-order valence-corrected chi connectivity index (χ2v) is 6.74. The van der Waals surface area contributed by atoms with Crippen molar-refractivity contribution in [1.29, 1.82) is 0 Å². The van der Waals surface area contributed by atoms with Crippen LogP contribution in [0, 0.1) is 20.8 Å². The lowest BCUT2D eigenvalue weighted by atomic mass is 9.96. The minimum absolute atomic E-state index is 0.0385. The van der Waals surface area contributed by atoms with Gasteiger partial charge < -0.3 is 0 Å². The Morgan fingerprint density at radius 3 is 2.21 bits per heavy atom. The van der Waals surface area contributed by atoms with E-state index in [4.69, 9.17) is 0 Å². The van der Waals surface area contributed by atoms with E-state index in [-0.39, 0.29) is 11.6 Å². The number of hydrogen-bond donors (Lipinski definition) is 1. The van der Waals surface area contributed by atoms with E-state index < -0.39 is 17.8 Å². The molecule has 1 aromatic rings. The topological polar surface area (TPSA) is 66.5 Å². The summed E-state index contributed by atoms with van der Waals surface area (Å²) < 4.78 is 0. The molecule has 2 aliphatic rings. The van der Waals surface area contributed by atoms with Crippen molar-refractivity contribution in [3.8, 4) is 0 Å². The zero-order chi connectivity index (χ0) is 17.4. The Kier molecular flexibility index (Phi) is 4.26. The van der Waals surface area contributed by atoms with Crippen LogP contribution in [0.2, 0.25) is 0 Å². The predicted octanol–water partition coefficient (Wildman–Crippen LogP) is 3.02. The van der Waals surface area contributed by atoms with Gasteiger partial charge in [-0.25, -0.2) is 4.79 Å². The molecule has 0 radical (unpaired) electrons. The standard InChI is InChI=1S/C19H22N2O3/c1-11-8-12(2)15(13(3)9-11)10-16-17(22)20-19(24)21(18(16)23)14-6-4-5-7-14/h8-10,14H,4-7H2,1-3H3,(H,20,22,24)/b16-10+. The van der Waals surface area contributed by atoms with Gasteiger partial charge in [0.25, 0.3) is 11.8 Å². The highest BCUT2D eigenvalue weighted by Crippen LogP contribution is 2.28. The first kappa shape index (κ1) is 16.4. The third-order valence-electron chi connectivity index (χ3n) is 4.85. The number of nitrogens with zero attached hydrogens (tertiary/aromatic N) is 1. The molecule has 24 heavy (non-hydrogen) atoms. The molecule has 5 nitrogen and oxygen atoms in total. The molecule has 0 aromatic heterocycles. The van der Waals surface area contributed by atoms with Crippen molar-refractivity contribution in [3.05, 3.63) is 40.0 Å². The van der Waals surface area contributed by atoms with Crippen molar-refractivity contribution in [1.82, 2.24) is 10.2 Å². The lowest BCUT2D eigenvalue weighted by Crippen LogP contribution is -2.57. The summed E-state index contributed by atoms with van der Waals surface area (Å²) in [6, 6.07) is 3.34. The maximum Gasteiger partial charge on any atom is 0.331 e. The van der Waals surface area contributed by atoms with Crippen LogP contribution in [-0.4, -0.2) is 28.8 Å². The number of nitrogens with one attached hydrogen (secondary N) is 1. The summed E-state index contributed by atoms with van der Waals surface area (Å²) >= 11 is 0. The monoisotopic (exact) mass is 326 g/mol. The van der Waals surface area contributed by atoms with Gasteiger partial charge in [0.05, 0.1) is 0 Å². The van der Waals surface area contributed by atoms with E-state index >= 15 is 0 Å². The van der Waals surface area contributed by atoms with Gasteiger partial charge >= 0.3 is 6.03 Å². The normalized spacial score (nSPS) is 20.9. The first-order chi connectivity index (χ1) is 11.4. The minimum Gasteiger partial charge on any atom is -0.273 e. The molecule has 5 heteroatoms. The fraction of sp³-hybridized carbons (Fsp3) is 0.421. The maximum atomic E-state index is 12.8. The Balaban J connectivity index is 2.01. The van der Waals surface area contributed by atoms with E-state index in [1.54, 1.807) is 6.08 Å². The highest BCUT2D eigenvalue weighted by atomic mass is 16.2. The largest absolute Gasteiger partial charge is 0.331 e. The molecule has 1 saturated carbocycles. The molecule has 0 spiro atoms. The third kappa shape index (κ3) is 2.86. The molecule has 1 aromatic carbocycles. The number of carbonyl (C=O) groups excluding carboxylic acids is 3. The van der Waals surface area contributed by atoms with Gasteiger partial charge in [-0.15, -0.1) is 0 Å². The Labute approximate surface area is 141 Å². The number of rotatable bonds is 2. The summed E-state index contributed by atoms with van der Waals surface area (Å²) in [7, 11) is 0. The second-order valence-electron chi connectivity index (χ2n) is 6.74. The predicted molar refractivity (Wildman–Crippen MR) is 91.3 cm³/mol. The van der Waals surface area contributed by atoms with Crippen molar-refractivity contribution < 1.29 is 14.4 Å². The second kappa shape index (κ2) is 6.23. The van der Waals surface area contributed by atoms with E-state index in [1.807, 2.05) is 32.9 Å². The van der Waals surface area contributed by atoms with E-state index in [2.05, 4.69) is 5.32 Å². The van der Waals surface area contributed by atoms with Crippen LogP contribution in [0.1, 0.15) is 47.9 Å². The number of amides is 4. The number of aryl methyl sites for hydroxylation is 3. The molecule has 0 unspecified atom stereocenters. The van der Waals surface area contributed by atoms with Crippen molar-refractivity contribution >= 4 is 23.9 Å². The number of carbonyl (C=O) groups is 3. The van der Waals surface area contributed by atoms with Crippen LogP contribution in [0.4, 0.5) is 4.79 Å². The van der Waals surface area contributed by atoms with Crippen LogP contribution in [0.25, 0.3) is 6.08 Å². The van der Waals surface area contributed by atoms with Gasteiger partial charge in [-0.05, 0) is 56.4 Å². The molecule has 1 aliphatic carbocycles. The van der Waals surface area contributed by atoms with Crippen LogP contribution in [0.3, 0.4) is 0 Å². The molecule has 0 atom stereocenters. The highest BCUT2D eigenvalue weighted by molar-refractivity contribution is 6.31. The highest BCUT2D eigenvalue weighted by Gasteiger charge is 2.40. The number of urea groups is 1. The van der Waals surface area contributed by atoms with Crippen molar-refractivity contribution in [2.24, 2.45) is 0 Å². The van der Waals surface area contributed by atoms with Crippen LogP contribution in [-0.2, 0) is 9.59 Å². The third-order valence-corrected chi connectivity index (χ3v) is 4.85. The van der Waals surface area contributed by atoms with E-state index in [1.165, 1.54) is 4.90 Å². The Hall–Kier alpha value is -2.43. The number of barbiturate groups is 1. The lowest BCUT2D eigenvalue weighted by molar-refractivity contribution is -0.131. The molecule has 0 bridgehead atoms. The molecule has 1 heterocycles. The summed E-state index contributed by atoms with van der Waals surface area (Å²) in [4.78, 5) is 38.4. The molecule has 3 rings (SSSR count). The molecule has 1 N–H and O–H groups in total. The maximum absolute atomic E-state index is 12.8. The zero-order valence-electron chi connectivity index (χ0n) is 14.3. The van der Waals surface area contributed by atoms with E-state index in [0.717, 1.165) is 47.9 Å². The fourth-order valence-electron chi connectivity index (χ4n) is 3.73. The fourth-order valence-corrected chi connectivity index (χ4v) is 3.73. The first-order valence-corrected chi connectivity index (χ1v) is 8.37. The van der Waals surface area contributed by atoms with Crippen LogP contribution < -0.4 is 5.32 Å². The molecular formula is C19H22N2O3. The first-order valence-electron chi connectivity index (χ1n) is 8.37. The smallest absolute Gasteiger partial charge is 0.273 e. The van der Waals surface area contributed by atoms with Crippen LogP contribution in [0.5, 0.6) is 0 Å². The Bertz CT molecular complexity index is 735. The van der Waals surface area contributed by atoms with Crippen molar-refractivity contribution in [3.63, 3.8) is 0 Å². The van der Waals surface area contributed by atoms with Gasteiger partial charge in [-0.3, -0.25) is 19.8 Å². The van der Waals surface area contributed by atoms with Crippen LogP contribution >= 0.6 is 0 Å². The van der Waals surface area contributed by atoms with Crippen LogP contribution in [0.15, 0.2) is 17.7 Å². The summed E-state index contributed by atoms with van der Waals surface area (Å²) in [5, 5.41) is 2.32. The summed E-state index contributed by atoms with van der Waals surface area (Å²) in [6.07, 6.45) is 5.25. The molecule has 1 saturated heterocycles. The SMILES string of the molecule is Cc1cc(C)c(/C=C2\C(=O)NC(=O)N(C3CCCC3)C2=O)c(C)c1. The molecule has 2 fully saturated rings. The molecule has 126 valence electrons. The number of imide groups is 2. The molecule has 4 amide bonds. The van der Waals surface area contributed by atoms with Gasteiger partial charge in [0.15, 0.2) is 0 Å². The number of benzene rings is 1. The number of hydrogen-bond acceptors (Lipinski definition) is 3. The van der Waals surface area contributed by atoms with E-state index in [0.29, 0.717) is 0 Å². The van der Waals surface area contributed by atoms with E-state index in [9.17, 15) is 14.4 Å². The average Bonchev–Trinajstić information content (AvgIpc) is 2.99. The van der Waals surface area contributed by atoms with Crippen molar-refractivity contribution in [2.75, 3.05) is 0 Å². The molecular weight excluding hydrogens is 304 g/mol. The van der Waals surface area contributed by atoms with Gasteiger partial charge in [-0.1, -0.05) is 30.5 Å². The Morgan fingerprint density at radius 2 is 1.62 bits per heavy atom. The van der Waals surface area contributed by atoms with Crippen molar-refractivity contribution in [2.45, 2.75) is 52.5 Å². The van der Waals surface area contributed by atoms with Gasteiger partial charge in [0.2, 0.25) is 0 Å². The summed E-state index contributed by atoms with van der Waals surface area (Å²) in [5.41, 5.74) is 4.04. The van der Waals surface area contributed by atoms with Gasteiger partial charge in [-0.2, -0.15) is 0 Å². The zero-order valence-corrected chi connectivity index (χ0v) is 14.3. The summed E-state index contributed by atoms with van der Waals surface area (Å²) in [6.45, 7) is 5.92. The minimum atomic E-state index is -0.612.